The van der Waals surface area contributed by atoms with Crippen LogP contribution in [0.5, 0.6) is 5.88 Å². The van der Waals surface area contributed by atoms with Crippen LogP contribution >= 0.6 is 0 Å². The summed E-state index contributed by atoms with van der Waals surface area (Å²) in [5, 5.41) is 14.4. The summed E-state index contributed by atoms with van der Waals surface area (Å²) in [7, 11) is 3.46. The Hall–Kier alpha value is -2.91. The predicted molar refractivity (Wildman–Crippen MR) is 103 cm³/mol. The Morgan fingerprint density at radius 2 is 2.22 bits per heavy atom. The monoisotopic (exact) mass is 369 g/mol. The summed E-state index contributed by atoms with van der Waals surface area (Å²) in [5.74, 6) is 2.01. The minimum atomic E-state index is 0.193. The van der Waals surface area contributed by atoms with Crippen molar-refractivity contribution in [1.29, 1.82) is 0 Å². The maximum atomic E-state index is 5.83. The third kappa shape index (κ3) is 3.51. The minimum absolute atomic E-state index is 0.193. The van der Waals surface area contributed by atoms with E-state index in [0.717, 1.165) is 28.3 Å². The van der Waals surface area contributed by atoms with Gasteiger partial charge in [0.2, 0.25) is 5.88 Å². The molecule has 9 nitrogen and oxygen atoms in total. The lowest BCUT2D eigenvalue weighted by atomic mass is 10.2. The van der Waals surface area contributed by atoms with Crippen LogP contribution in [-0.2, 0) is 17.9 Å². The molecule has 4 heterocycles. The topological polar surface area (TPSA) is 97.6 Å². The SMILES string of the molecule is CNc1cc2nc3c(cnn13)CN[C@H](C)COCc1cnc(OC)c(c1)N2. The first-order valence-electron chi connectivity index (χ1n) is 8.84. The van der Waals surface area contributed by atoms with Crippen molar-refractivity contribution in [3.05, 3.63) is 35.7 Å². The van der Waals surface area contributed by atoms with Crippen LogP contribution in [0.4, 0.5) is 17.3 Å². The largest absolute Gasteiger partial charge is 0.480 e. The zero-order chi connectivity index (χ0) is 18.8. The van der Waals surface area contributed by atoms with Gasteiger partial charge in [0.05, 0.1) is 26.5 Å². The predicted octanol–water partition coefficient (Wildman–Crippen LogP) is 1.93. The van der Waals surface area contributed by atoms with Crippen molar-refractivity contribution in [3.63, 3.8) is 0 Å². The summed E-state index contributed by atoms with van der Waals surface area (Å²) >= 11 is 0. The van der Waals surface area contributed by atoms with E-state index in [2.05, 4.69) is 33.0 Å². The Bertz CT molecular complexity index is 956. The molecule has 4 rings (SSSR count). The second-order valence-electron chi connectivity index (χ2n) is 6.50. The Labute approximate surface area is 157 Å². The molecule has 3 aromatic rings. The average molecular weight is 369 g/mol. The molecule has 1 aliphatic heterocycles. The van der Waals surface area contributed by atoms with E-state index in [1.807, 2.05) is 25.4 Å². The lowest BCUT2D eigenvalue weighted by molar-refractivity contribution is 0.102. The van der Waals surface area contributed by atoms with Gasteiger partial charge in [-0.1, -0.05) is 0 Å². The van der Waals surface area contributed by atoms with Gasteiger partial charge in [-0.3, -0.25) is 0 Å². The molecule has 0 fully saturated rings. The van der Waals surface area contributed by atoms with Crippen molar-refractivity contribution in [2.75, 3.05) is 31.4 Å². The highest BCUT2D eigenvalue weighted by atomic mass is 16.5. The fourth-order valence-corrected chi connectivity index (χ4v) is 3.04. The molecule has 0 radical (unpaired) electrons. The van der Waals surface area contributed by atoms with E-state index < -0.39 is 0 Å². The van der Waals surface area contributed by atoms with Crippen LogP contribution in [0.2, 0.25) is 0 Å². The molecule has 0 unspecified atom stereocenters. The van der Waals surface area contributed by atoms with E-state index in [4.69, 9.17) is 14.5 Å². The minimum Gasteiger partial charge on any atom is -0.480 e. The van der Waals surface area contributed by atoms with Crippen molar-refractivity contribution >= 4 is 23.0 Å². The molecule has 0 saturated heterocycles. The summed E-state index contributed by atoms with van der Waals surface area (Å²) in [5.41, 5.74) is 3.49. The molecule has 4 bridgehead atoms. The highest BCUT2D eigenvalue weighted by Gasteiger charge is 2.15. The standard InChI is InChI=1S/C18H23N7O2/c1-11-9-27-10-12-4-14(18(26-3)21-6-12)23-15-5-16(19-2)25-17(24-15)13(7-20-11)8-22-25/h4-6,8,11,19-20H,7,9-10H2,1-3H3,(H,23,24)/t11-/m1/s1. The number of hydrogen-bond donors (Lipinski definition) is 3. The van der Waals surface area contributed by atoms with Gasteiger partial charge in [-0.15, -0.1) is 0 Å². The van der Waals surface area contributed by atoms with E-state index >= 15 is 0 Å². The van der Waals surface area contributed by atoms with Gasteiger partial charge in [-0.2, -0.15) is 9.61 Å². The third-order valence-corrected chi connectivity index (χ3v) is 4.44. The molecule has 3 aromatic heterocycles. The molecule has 0 aromatic carbocycles. The number of rotatable bonds is 2. The maximum Gasteiger partial charge on any atom is 0.237 e. The first-order chi connectivity index (χ1) is 13.2. The van der Waals surface area contributed by atoms with Gasteiger partial charge in [0.15, 0.2) is 5.65 Å². The van der Waals surface area contributed by atoms with Crippen molar-refractivity contribution < 1.29 is 9.47 Å². The van der Waals surface area contributed by atoms with Gasteiger partial charge in [0.25, 0.3) is 0 Å². The Morgan fingerprint density at radius 1 is 1.33 bits per heavy atom. The zero-order valence-electron chi connectivity index (χ0n) is 15.6. The summed E-state index contributed by atoms with van der Waals surface area (Å²) < 4.78 is 13.0. The van der Waals surface area contributed by atoms with E-state index in [0.29, 0.717) is 31.5 Å². The molecule has 1 atom stereocenters. The number of aromatic nitrogens is 4. The van der Waals surface area contributed by atoms with Crippen LogP contribution < -0.4 is 20.7 Å². The van der Waals surface area contributed by atoms with E-state index in [9.17, 15) is 0 Å². The molecule has 0 amide bonds. The molecular formula is C18H23N7O2. The number of hydrogen-bond acceptors (Lipinski definition) is 8. The van der Waals surface area contributed by atoms with Gasteiger partial charge in [-0.05, 0) is 18.6 Å². The lowest BCUT2D eigenvalue weighted by Gasteiger charge is -2.16. The van der Waals surface area contributed by atoms with Crippen molar-refractivity contribution in [3.8, 4) is 5.88 Å². The molecule has 142 valence electrons. The number of nitrogens with one attached hydrogen (secondary N) is 3. The maximum absolute atomic E-state index is 5.83. The zero-order valence-corrected chi connectivity index (χ0v) is 15.6. The Morgan fingerprint density at radius 3 is 3.04 bits per heavy atom. The van der Waals surface area contributed by atoms with Crippen LogP contribution in [0.3, 0.4) is 0 Å². The van der Waals surface area contributed by atoms with Crippen LogP contribution in [0.25, 0.3) is 5.65 Å². The molecule has 0 saturated carbocycles. The highest BCUT2D eigenvalue weighted by Crippen LogP contribution is 2.28. The van der Waals surface area contributed by atoms with Gasteiger partial charge >= 0.3 is 0 Å². The second-order valence-corrected chi connectivity index (χ2v) is 6.50. The van der Waals surface area contributed by atoms with E-state index in [1.165, 1.54) is 0 Å². The third-order valence-electron chi connectivity index (χ3n) is 4.44. The molecule has 9 heteroatoms. The number of pyridine rings is 1. The fourth-order valence-electron chi connectivity index (χ4n) is 3.04. The van der Waals surface area contributed by atoms with Gasteiger partial charge < -0.3 is 25.4 Å². The lowest BCUT2D eigenvalue weighted by Crippen LogP contribution is -2.30. The average Bonchev–Trinajstić information content (AvgIpc) is 3.08. The quantitative estimate of drug-likeness (QED) is 0.630. The highest BCUT2D eigenvalue weighted by molar-refractivity contribution is 5.68. The molecular weight excluding hydrogens is 346 g/mol. The number of nitrogens with zero attached hydrogens (tertiary/aromatic N) is 4. The summed E-state index contributed by atoms with van der Waals surface area (Å²) in [6.07, 6.45) is 3.60. The van der Waals surface area contributed by atoms with Crippen LogP contribution in [0.15, 0.2) is 24.5 Å². The van der Waals surface area contributed by atoms with Crippen molar-refractivity contribution in [2.45, 2.75) is 26.1 Å². The number of methoxy groups -OCH3 is 1. The molecule has 0 aliphatic carbocycles. The van der Waals surface area contributed by atoms with Gasteiger partial charge in [0.1, 0.15) is 17.3 Å². The number of ether oxygens (including phenoxy) is 2. The Balaban J connectivity index is 1.84. The second kappa shape index (κ2) is 7.37. The van der Waals surface area contributed by atoms with Gasteiger partial charge in [-0.25, -0.2) is 9.97 Å². The fraction of sp³-hybridized carbons (Fsp3) is 0.389. The Kier molecular flexibility index (Phi) is 4.78. The smallest absolute Gasteiger partial charge is 0.237 e. The van der Waals surface area contributed by atoms with Crippen LogP contribution in [-0.4, -0.2) is 46.4 Å². The summed E-state index contributed by atoms with van der Waals surface area (Å²) in [4.78, 5) is 9.14. The first-order valence-corrected chi connectivity index (χ1v) is 8.84. The molecule has 0 spiro atoms. The van der Waals surface area contributed by atoms with Crippen LogP contribution in [0, 0.1) is 0 Å². The van der Waals surface area contributed by atoms with Crippen molar-refractivity contribution in [1.82, 2.24) is 24.9 Å². The molecule has 27 heavy (non-hydrogen) atoms. The van der Waals surface area contributed by atoms with Gasteiger partial charge in [0, 0.05) is 37.5 Å². The van der Waals surface area contributed by atoms with E-state index in [-0.39, 0.29) is 6.04 Å². The summed E-state index contributed by atoms with van der Waals surface area (Å²) in [6, 6.07) is 4.06. The van der Waals surface area contributed by atoms with Crippen LogP contribution in [0.1, 0.15) is 18.1 Å². The molecule has 1 aliphatic rings. The molecule has 3 N–H and O–H groups in total. The number of fused-ring (bicyclic) bond motifs is 3. The summed E-state index contributed by atoms with van der Waals surface area (Å²) in [6.45, 7) is 3.82. The van der Waals surface area contributed by atoms with E-state index in [1.54, 1.807) is 17.8 Å². The first kappa shape index (κ1) is 17.5. The normalized spacial score (nSPS) is 17.4. The number of anilines is 3. The van der Waals surface area contributed by atoms with Crippen molar-refractivity contribution in [2.24, 2.45) is 0 Å².